The van der Waals surface area contributed by atoms with E-state index in [1.54, 1.807) is 0 Å². The summed E-state index contributed by atoms with van der Waals surface area (Å²) in [4.78, 5) is 0. The van der Waals surface area contributed by atoms with Gasteiger partial charge in [0.15, 0.2) is 0 Å². The Morgan fingerprint density at radius 2 is 2.08 bits per heavy atom. The first-order valence-corrected chi connectivity index (χ1v) is 5.64. The van der Waals surface area contributed by atoms with Crippen LogP contribution in [0.4, 0.5) is 0 Å². The second-order valence-electron chi connectivity index (χ2n) is 4.31. The van der Waals surface area contributed by atoms with Crippen LogP contribution in [0, 0.1) is 5.41 Å². The molecule has 0 aromatic rings. The molecule has 1 rings (SSSR count). The summed E-state index contributed by atoms with van der Waals surface area (Å²) in [6.45, 7) is 8.38. The Hall–Kier alpha value is -0.300. The van der Waals surface area contributed by atoms with Crippen molar-refractivity contribution in [1.82, 2.24) is 5.32 Å². The Balaban J connectivity index is 2.19. The lowest BCUT2D eigenvalue weighted by atomic mass is 9.83. The van der Waals surface area contributed by atoms with Crippen LogP contribution in [0.2, 0.25) is 0 Å². The van der Waals surface area contributed by atoms with Crippen molar-refractivity contribution in [2.75, 3.05) is 13.1 Å². The molecular formula is C12H23N. The maximum absolute atomic E-state index is 3.73. The molecule has 0 atom stereocenters. The molecule has 1 aliphatic carbocycles. The molecule has 1 nitrogen and oxygen atoms in total. The maximum Gasteiger partial charge on any atom is 0.000783 e. The molecule has 0 saturated heterocycles. The van der Waals surface area contributed by atoms with Gasteiger partial charge in [-0.15, -0.1) is 6.58 Å². The van der Waals surface area contributed by atoms with E-state index in [-0.39, 0.29) is 0 Å². The van der Waals surface area contributed by atoms with Gasteiger partial charge in [0.1, 0.15) is 0 Å². The molecule has 0 aromatic heterocycles. The number of hydrogen-bond acceptors (Lipinski definition) is 1. The third kappa shape index (κ3) is 3.15. The van der Waals surface area contributed by atoms with Crippen molar-refractivity contribution in [2.24, 2.45) is 5.41 Å². The highest BCUT2D eigenvalue weighted by molar-refractivity contribution is 4.85. The minimum atomic E-state index is 0.640. The summed E-state index contributed by atoms with van der Waals surface area (Å²) in [6.07, 6.45) is 10.2. The Kier molecular flexibility index (Phi) is 4.51. The zero-order valence-corrected chi connectivity index (χ0v) is 8.94. The highest BCUT2D eigenvalue weighted by atomic mass is 14.9. The van der Waals surface area contributed by atoms with Gasteiger partial charge in [-0.25, -0.2) is 0 Å². The minimum Gasteiger partial charge on any atom is -0.316 e. The summed E-state index contributed by atoms with van der Waals surface area (Å²) < 4.78 is 0. The van der Waals surface area contributed by atoms with Crippen molar-refractivity contribution < 1.29 is 0 Å². The van der Waals surface area contributed by atoms with Crippen LogP contribution < -0.4 is 5.32 Å². The average molecular weight is 181 g/mol. The third-order valence-electron chi connectivity index (χ3n) is 3.44. The fraction of sp³-hybridized carbons (Fsp3) is 0.833. The average Bonchev–Trinajstić information content (AvgIpc) is 2.62. The predicted molar refractivity (Wildman–Crippen MR) is 58.9 cm³/mol. The SMILES string of the molecule is C=CCCNCC1(CC)CCCC1. The van der Waals surface area contributed by atoms with Gasteiger partial charge in [0.2, 0.25) is 0 Å². The fourth-order valence-corrected chi connectivity index (χ4v) is 2.34. The highest BCUT2D eigenvalue weighted by Crippen LogP contribution is 2.40. The van der Waals surface area contributed by atoms with Gasteiger partial charge in [0.05, 0.1) is 0 Å². The lowest BCUT2D eigenvalue weighted by Crippen LogP contribution is -2.32. The largest absolute Gasteiger partial charge is 0.316 e. The van der Waals surface area contributed by atoms with E-state index >= 15 is 0 Å². The molecule has 0 spiro atoms. The van der Waals surface area contributed by atoms with E-state index in [4.69, 9.17) is 0 Å². The van der Waals surface area contributed by atoms with Crippen LogP contribution in [0.5, 0.6) is 0 Å². The van der Waals surface area contributed by atoms with Crippen molar-refractivity contribution >= 4 is 0 Å². The number of nitrogens with one attached hydrogen (secondary N) is 1. The molecule has 1 heteroatoms. The van der Waals surface area contributed by atoms with Gasteiger partial charge in [0, 0.05) is 6.54 Å². The predicted octanol–water partition coefficient (Wildman–Crippen LogP) is 3.12. The zero-order chi connectivity index (χ0) is 9.57. The Labute approximate surface area is 82.6 Å². The molecule has 76 valence electrons. The quantitative estimate of drug-likeness (QED) is 0.490. The molecule has 1 fully saturated rings. The first-order valence-electron chi connectivity index (χ1n) is 5.64. The summed E-state index contributed by atoms with van der Waals surface area (Å²) in [5.74, 6) is 0. The highest BCUT2D eigenvalue weighted by Gasteiger charge is 2.30. The molecule has 0 aliphatic heterocycles. The Morgan fingerprint density at radius 1 is 1.38 bits per heavy atom. The van der Waals surface area contributed by atoms with E-state index in [9.17, 15) is 0 Å². The Bertz CT molecular complexity index is 145. The van der Waals surface area contributed by atoms with E-state index in [0.717, 1.165) is 13.0 Å². The molecule has 0 heterocycles. The summed E-state index contributed by atoms with van der Waals surface area (Å²) in [5.41, 5.74) is 0.640. The molecular weight excluding hydrogens is 158 g/mol. The molecule has 0 bridgehead atoms. The van der Waals surface area contributed by atoms with Crippen LogP contribution >= 0.6 is 0 Å². The molecule has 1 aliphatic rings. The molecule has 13 heavy (non-hydrogen) atoms. The standard InChI is InChI=1S/C12H23N/c1-3-5-10-13-11-12(4-2)8-6-7-9-12/h3,13H,1,4-11H2,2H3. The summed E-state index contributed by atoms with van der Waals surface area (Å²) in [6, 6.07) is 0. The van der Waals surface area contributed by atoms with Gasteiger partial charge in [-0.3, -0.25) is 0 Å². The number of hydrogen-bond donors (Lipinski definition) is 1. The lowest BCUT2D eigenvalue weighted by molar-refractivity contribution is 0.270. The molecule has 0 amide bonds. The van der Waals surface area contributed by atoms with Crippen molar-refractivity contribution in [3.05, 3.63) is 12.7 Å². The van der Waals surface area contributed by atoms with E-state index < -0.39 is 0 Å². The first-order chi connectivity index (χ1) is 6.33. The van der Waals surface area contributed by atoms with Crippen LogP contribution in [0.3, 0.4) is 0 Å². The van der Waals surface area contributed by atoms with Crippen molar-refractivity contribution in [2.45, 2.75) is 45.4 Å². The minimum absolute atomic E-state index is 0.640. The van der Waals surface area contributed by atoms with Gasteiger partial charge in [-0.05, 0) is 37.6 Å². The topological polar surface area (TPSA) is 12.0 Å². The van der Waals surface area contributed by atoms with E-state index in [0.29, 0.717) is 5.41 Å². The van der Waals surface area contributed by atoms with Gasteiger partial charge in [0.25, 0.3) is 0 Å². The van der Waals surface area contributed by atoms with Gasteiger partial charge < -0.3 is 5.32 Å². The van der Waals surface area contributed by atoms with Crippen LogP contribution in [-0.2, 0) is 0 Å². The molecule has 0 radical (unpaired) electrons. The normalized spacial score (nSPS) is 20.4. The summed E-state index contributed by atoms with van der Waals surface area (Å²) in [7, 11) is 0. The Morgan fingerprint density at radius 3 is 2.62 bits per heavy atom. The molecule has 1 saturated carbocycles. The second-order valence-corrected chi connectivity index (χ2v) is 4.31. The van der Waals surface area contributed by atoms with E-state index in [1.807, 2.05) is 6.08 Å². The van der Waals surface area contributed by atoms with Crippen LogP contribution in [-0.4, -0.2) is 13.1 Å². The van der Waals surface area contributed by atoms with E-state index in [2.05, 4.69) is 18.8 Å². The van der Waals surface area contributed by atoms with Crippen LogP contribution in [0.1, 0.15) is 45.4 Å². The van der Waals surface area contributed by atoms with Gasteiger partial charge >= 0.3 is 0 Å². The maximum atomic E-state index is 3.73. The second kappa shape index (κ2) is 5.43. The van der Waals surface area contributed by atoms with Crippen molar-refractivity contribution in [3.63, 3.8) is 0 Å². The summed E-state index contributed by atoms with van der Waals surface area (Å²) in [5, 5.41) is 3.55. The van der Waals surface area contributed by atoms with Gasteiger partial charge in [-0.1, -0.05) is 25.8 Å². The van der Waals surface area contributed by atoms with Crippen molar-refractivity contribution in [3.8, 4) is 0 Å². The molecule has 1 N–H and O–H groups in total. The van der Waals surface area contributed by atoms with Crippen LogP contribution in [0.15, 0.2) is 12.7 Å². The monoisotopic (exact) mass is 181 g/mol. The number of rotatable bonds is 6. The van der Waals surface area contributed by atoms with Crippen LogP contribution in [0.25, 0.3) is 0 Å². The molecule has 0 unspecified atom stereocenters. The van der Waals surface area contributed by atoms with Crippen molar-refractivity contribution in [1.29, 1.82) is 0 Å². The molecule has 0 aromatic carbocycles. The van der Waals surface area contributed by atoms with E-state index in [1.165, 1.54) is 38.6 Å². The zero-order valence-electron chi connectivity index (χ0n) is 8.94. The van der Waals surface area contributed by atoms with Gasteiger partial charge in [-0.2, -0.15) is 0 Å². The first kappa shape index (κ1) is 10.8. The fourth-order valence-electron chi connectivity index (χ4n) is 2.34. The lowest BCUT2D eigenvalue weighted by Gasteiger charge is -2.27. The summed E-state index contributed by atoms with van der Waals surface area (Å²) >= 11 is 0. The third-order valence-corrected chi connectivity index (χ3v) is 3.44. The smallest absolute Gasteiger partial charge is 0.000783 e.